The van der Waals surface area contributed by atoms with E-state index in [-0.39, 0.29) is 11.4 Å². The summed E-state index contributed by atoms with van der Waals surface area (Å²) in [6.07, 6.45) is 0.871. The lowest BCUT2D eigenvalue weighted by atomic mass is 10.0. The molecule has 2 aromatic heterocycles. The van der Waals surface area contributed by atoms with Gasteiger partial charge in [0.25, 0.3) is 5.56 Å². The number of anilines is 1. The smallest absolute Gasteiger partial charge is 0.254 e. The number of fused-ring (bicyclic) bond motifs is 2. The fraction of sp³-hybridized carbons (Fsp3) is 0.214. The van der Waals surface area contributed by atoms with Gasteiger partial charge in [0.15, 0.2) is 5.82 Å². The van der Waals surface area contributed by atoms with E-state index in [2.05, 4.69) is 56.6 Å². The van der Waals surface area contributed by atoms with Gasteiger partial charge in [0.2, 0.25) is 0 Å². The van der Waals surface area contributed by atoms with Crippen molar-refractivity contribution in [2.45, 2.75) is 32.9 Å². The summed E-state index contributed by atoms with van der Waals surface area (Å²) >= 11 is 0. The predicted octanol–water partition coefficient (Wildman–Crippen LogP) is 4.47. The monoisotopic (exact) mass is 480 g/mol. The van der Waals surface area contributed by atoms with Crippen molar-refractivity contribution in [3.63, 3.8) is 0 Å². The topological polar surface area (TPSA) is 79.7 Å². The fourth-order valence-corrected chi connectivity index (χ4v) is 5.27. The van der Waals surface area contributed by atoms with Crippen LogP contribution in [0.2, 0.25) is 0 Å². The molecule has 1 atom stereocenters. The van der Waals surface area contributed by atoms with Gasteiger partial charge >= 0.3 is 0 Å². The fourth-order valence-electron chi connectivity index (χ4n) is 5.27. The number of H-pyrrole nitrogens is 1. The van der Waals surface area contributed by atoms with Gasteiger partial charge in [-0.25, -0.2) is 9.07 Å². The molecule has 0 saturated carbocycles. The van der Waals surface area contributed by atoms with E-state index in [1.807, 2.05) is 25.1 Å². The zero-order valence-electron chi connectivity index (χ0n) is 20.1. The number of nitrogens with one attached hydrogen (secondary N) is 1. The average Bonchev–Trinajstić information content (AvgIpc) is 3.49. The Morgan fingerprint density at radius 1 is 1.06 bits per heavy atom. The molecular weight excluding hydrogens is 455 g/mol. The molecular formula is C28H25FN6O. The van der Waals surface area contributed by atoms with Crippen LogP contribution in [0.15, 0.2) is 71.5 Å². The van der Waals surface area contributed by atoms with Crippen LogP contribution in [0.5, 0.6) is 0 Å². The van der Waals surface area contributed by atoms with Crippen LogP contribution in [0.1, 0.15) is 39.7 Å². The average molecular weight is 481 g/mol. The van der Waals surface area contributed by atoms with Crippen LogP contribution < -0.4 is 10.5 Å². The van der Waals surface area contributed by atoms with Crippen LogP contribution >= 0.6 is 0 Å². The summed E-state index contributed by atoms with van der Waals surface area (Å²) in [5.41, 5.74) is 6.56. The Labute approximate surface area is 207 Å². The summed E-state index contributed by atoms with van der Waals surface area (Å²) in [7, 11) is 0. The zero-order chi connectivity index (χ0) is 24.8. The number of hydrogen-bond acceptors (Lipinski definition) is 5. The van der Waals surface area contributed by atoms with Gasteiger partial charge in [0.1, 0.15) is 11.9 Å². The van der Waals surface area contributed by atoms with Crippen molar-refractivity contribution in [3.05, 3.63) is 117 Å². The van der Waals surface area contributed by atoms with Gasteiger partial charge < -0.3 is 9.88 Å². The number of rotatable bonds is 5. The highest BCUT2D eigenvalue weighted by atomic mass is 19.1. The van der Waals surface area contributed by atoms with Gasteiger partial charge in [0, 0.05) is 17.8 Å². The Kier molecular flexibility index (Phi) is 5.36. The van der Waals surface area contributed by atoms with E-state index in [0.29, 0.717) is 17.9 Å². The van der Waals surface area contributed by atoms with Crippen LogP contribution in [0.3, 0.4) is 0 Å². The first-order chi connectivity index (χ1) is 17.5. The van der Waals surface area contributed by atoms with Gasteiger partial charge in [-0.05, 0) is 83.1 Å². The molecule has 3 aromatic carbocycles. The molecule has 5 aromatic rings. The maximum absolute atomic E-state index is 13.6. The molecule has 0 radical (unpaired) electrons. The number of hydrogen-bond donors (Lipinski definition) is 1. The highest BCUT2D eigenvalue weighted by Gasteiger charge is 2.34. The van der Waals surface area contributed by atoms with E-state index >= 15 is 0 Å². The number of nitrogens with zero attached hydrogens (tertiary/aromatic N) is 5. The van der Waals surface area contributed by atoms with Gasteiger partial charge in [-0.15, -0.1) is 5.10 Å². The SMILES string of the molecule is Cc1cc(C)c2[nH]c(=O)c(C(c3nnnn3Cc3ccc(F)cc3)N3CCc4ccccc43)cc2c1. The van der Waals surface area contributed by atoms with Crippen molar-refractivity contribution in [1.82, 2.24) is 25.2 Å². The maximum Gasteiger partial charge on any atom is 0.254 e. The predicted molar refractivity (Wildman–Crippen MR) is 137 cm³/mol. The highest BCUT2D eigenvalue weighted by Crippen LogP contribution is 2.37. The molecule has 1 aliphatic heterocycles. The number of aromatic nitrogens is 5. The summed E-state index contributed by atoms with van der Waals surface area (Å²) in [6.45, 7) is 5.15. The molecule has 3 heterocycles. The molecule has 1 aliphatic rings. The van der Waals surface area contributed by atoms with Crippen LogP contribution in [0.4, 0.5) is 10.1 Å². The third-order valence-electron chi connectivity index (χ3n) is 6.90. The maximum atomic E-state index is 13.6. The Morgan fingerprint density at radius 2 is 1.86 bits per heavy atom. The standard InChI is InChI=1S/C28H25FN6O/c1-17-13-18(2)25-21(14-17)15-23(28(36)30-25)26(34-12-11-20-5-3-4-6-24(20)34)27-31-32-33-35(27)16-19-7-9-22(29)10-8-19/h3-10,13-15,26H,11-12,16H2,1-2H3,(H,30,36). The summed E-state index contributed by atoms with van der Waals surface area (Å²) in [6, 6.07) is 20.1. The molecule has 0 aliphatic carbocycles. The van der Waals surface area contributed by atoms with Crippen LogP contribution in [0.25, 0.3) is 10.9 Å². The van der Waals surface area contributed by atoms with E-state index in [9.17, 15) is 9.18 Å². The summed E-state index contributed by atoms with van der Waals surface area (Å²) < 4.78 is 15.2. The Bertz CT molecular complexity index is 1640. The molecule has 36 heavy (non-hydrogen) atoms. The van der Waals surface area contributed by atoms with Crippen molar-refractivity contribution in [2.75, 3.05) is 11.4 Å². The van der Waals surface area contributed by atoms with E-state index in [1.165, 1.54) is 17.7 Å². The highest BCUT2D eigenvalue weighted by molar-refractivity contribution is 5.83. The van der Waals surface area contributed by atoms with Crippen LogP contribution in [-0.4, -0.2) is 31.7 Å². The lowest BCUT2D eigenvalue weighted by molar-refractivity contribution is 0.576. The van der Waals surface area contributed by atoms with Gasteiger partial charge in [-0.2, -0.15) is 0 Å². The van der Waals surface area contributed by atoms with Crippen LogP contribution in [-0.2, 0) is 13.0 Å². The quantitative estimate of drug-likeness (QED) is 0.402. The molecule has 0 bridgehead atoms. The molecule has 1 N–H and O–H groups in total. The minimum Gasteiger partial charge on any atom is -0.357 e. The summed E-state index contributed by atoms with van der Waals surface area (Å²) in [5, 5.41) is 13.6. The van der Waals surface area contributed by atoms with E-state index in [4.69, 9.17) is 0 Å². The van der Waals surface area contributed by atoms with E-state index in [0.717, 1.165) is 46.2 Å². The Balaban J connectivity index is 1.53. The third kappa shape index (κ3) is 3.84. The van der Waals surface area contributed by atoms with E-state index < -0.39 is 6.04 Å². The molecule has 0 saturated heterocycles. The minimum absolute atomic E-state index is 0.167. The van der Waals surface area contributed by atoms with Crippen molar-refractivity contribution < 1.29 is 4.39 Å². The second-order valence-corrected chi connectivity index (χ2v) is 9.40. The molecule has 180 valence electrons. The first-order valence-corrected chi connectivity index (χ1v) is 12.0. The number of pyridine rings is 1. The Morgan fingerprint density at radius 3 is 2.69 bits per heavy atom. The first kappa shape index (κ1) is 22.2. The minimum atomic E-state index is -0.502. The number of aryl methyl sites for hydroxylation is 2. The van der Waals surface area contributed by atoms with Crippen molar-refractivity contribution >= 4 is 16.6 Å². The summed E-state index contributed by atoms with van der Waals surface area (Å²) in [5.74, 6) is 0.265. The van der Waals surface area contributed by atoms with Crippen molar-refractivity contribution in [2.24, 2.45) is 0 Å². The number of benzene rings is 3. The van der Waals surface area contributed by atoms with Crippen LogP contribution in [0, 0.1) is 19.7 Å². The summed E-state index contributed by atoms with van der Waals surface area (Å²) in [4.78, 5) is 18.9. The lowest BCUT2D eigenvalue weighted by Crippen LogP contribution is -2.34. The zero-order valence-corrected chi connectivity index (χ0v) is 20.1. The van der Waals surface area contributed by atoms with Crippen molar-refractivity contribution in [3.8, 4) is 0 Å². The normalized spacial score (nSPS) is 13.8. The molecule has 0 spiro atoms. The molecule has 6 rings (SSSR count). The van der Waals surface area contributed by atoms with Gasteiger partial charge in [-0.3, -0.25) is 4.79 Å². The molecule has 0 amide bonds. The molecule has 8 heteroatoms. The molecule has 1 unspecified atom stereocenters. The van der Waals surface area contributed by atoms with E-state index in [1.54, 1.807) is 16.8 Å². The lowest BCUT2D eigenvalue weighted by Gasteiger charge is -2.29. The second kappa shape index (κ2) is 8.71. The number of aromatic amines is 1. The first-order valence-electron chi connectivity index (χ1n) is 12.0. The molecule has 0 fully saturated rings. The third-order valence-corrected chi connectivity index (χ3v) is 6.90. The van der Waals surface area contributed by atoms with Gasteiger partial charge in [-0.1, -0.05) is 42.0 Å². The number of para-hydroxylation sites is 1. The Hall–Kier alpha value is -4.33. The van der Waals surface area contributed by atoms with Gasteiger partial charge in [0.05, 0.1) is 12.1 Å². The van der Waals surface area contributed by atoms with Crippen molar-refractivity contribution in [1.29, 1.82) is 0 Å². The number of tetrazole rings is 1. The largest absolute Gasteiger partial charge is 0.357 e. The molecule has 7 nitrogen and oxygen atoms in total. The number of halogens is 1. The second-order valence-electron chi connectivity index (χ2n) is 9.40.